The molecule has 1 atom stereocenters. The lowest BCUT2D eigenvalue weighted by Gasteiger charge is -2.20. The molecule has 0 heterocycles. The molecule has 0 aromatic heterocycles. The van der Waals surface area contributed by atoms with Gasteiger partial charge in [-0.05, 0) is 24.3 Å². The van der Waals surface area contributed by atoms with Crippen LogP contribution in [0.15, 0.2) is 37.0 Å². The standard InChI is InChI=1S/C13H18O2/c1-3-7-10(4-2)12(13(14)15)11-8-5-6-9-11/h3-4,7,11-12H,1-2,5-6,8-9H2,(H,14,15)/b10-7+. The molecule has 0 aromatic carbocycles. The number of hydrogen-bond donors (Lipinski definition) is 1. The van der Waals surface area contributed by atoms with Gasteiger partial charge in [0, 0.05) is 0 Å². The molecule has 15 heavy (non-hydrogen) atoms. The van der Waals surface area contributed by atoms with E-state index < -0.39 is 11.9 Å². The van der Waals surface area contributed by atoms with Crippen LogP contribution in [-0.2, 0) is 4.79 Å². The van der Waals surface area contributed by atoms with Gasteiger partial charge in [-0.1, -0.05) is 44.2 Å². The van der Waals surface area contributed by atoms with Crippen LogP contribution in [-0.4, -0.2) is 11.1 Å². The van der Waals surface area contributed by atoms with E-state index >= 15 is 0 Å². The van der Waals surface area contributed by atoms with Crippen molar-refractivity contribution in [1.82, 2.24) is 0 Å². The maximum absolute atomic E-state index is 11.2. The van der Waals surface area contributed by atoms with Crippen molar-refractivity contribution in [3.63, 3.8) is 0 Å². The molecule has 0 aliphatic heterocycles. The van der Waals surface area contributed by atoms with Gasteiger partial charge in [0.2, 0.25) is 0 Å². The smallest absolute Gasteiger partial charge is 0.311 e. The van der Waals surface area contributed by atoms with Crippen LogP contribution in [0, 0.1) is 11.8 Å². The summed E-state index contributed by atoms with van der Waals surface area (Å²) in [5.41, 5.74) is 0.782. The Hall–Kier alpha value is -1.31. The van der Waals surface area contributed by atoms with Crippen molar-refractivity contribution in [2.24, 2.45) is 11.8 Å². The van der Waals surface area contributed by atoms with Crippen LogP contribution in [0.5, 0.6) is 0 Å². The van der Waals surface area contributed by atoms with Crippen LogP contribution >= 0.6 is 0 Å². The maximum atomic E-state index is 11.2. The summed E-state index contributed by atoms with van der Waals surface area (Å²) < 4.78 is 0. The molecule has 0 saturated heterocycles. The minimum Gasteiger partial charge on any atom is -0.481 e. The third-order valence-electron chi connectivity index (χ3n) is 3.04. The van der Waals surface area contributed by atoms with Crippen molar-refractivity contribution in [1.29, 1.82) is 0 Å². The number of carboxylic acid groups (broad SMARTS) is 1. The first-order valence-corrected chi connectivity index (χ1v) is 5.38. The summed E-state index contributed by atoms with van der Waals surface area (Å²) in [7, 11) is 0. The Morgan fingerprint density at radius 3 is 2.33 bits per heavy atom. The van der Waals surface area contributed by atoms with E-state index in [1.54, 1.807) is 18.2 Å². The minimum absolute atomic E-state index is 0.270. The maximum Gasteiger partial charge on any atom is 0.311 e. The molecule has 0 aromatic rings. The Kier molecular flexibility index (Phi) is 4.35. The van der Waals surface area contributed by atoms with Gasteiger partial charge in [0.25, 0.3) is 0 Å². The summed E-state index contributed by atoms with van der Waals surface area (Å²) in [6, 6.07) is 0. The molecule has 2 nitrogen and oxygen atoms in total. The van der Waals surface area contributed by atoms with Gasteiger partial charge in [-0.25, -0.2) is 0 Å². The Bertz CT molecular complexity index is 283. The molecule has 0 radical (unpaired) electrons. The van der Waals surface area contributed by atoms with Gasteiger partial charge in [-0.15, -0.1) is 0 Å². The average Bonchev–Trinajstić information content (AvgIpc) is 2.69. The van der Waals surface area contributed by atoms with Crippen LogP contribution in [0.4, 0.5) is 0 Å². The molecule has 1 aliphatic carbocycles. The molecule has 1 N–H and O–H groups in total. The summed E-state index contributed by atoms with van der Waals surface area (Å²) in [5, 5.41) is 9.24. The van der Waals surface area contributed by atoms with Gasteiger partial charge in [-0.3, -0.25) is 4.79 Å². The van der Waals surface area contributed by atoms with Crippen LogP contribution in [0.3, 0.4) is 0 Å². The van der Waals surface area contributed by atoms with Crippen molar-refractivity contribution in [3.8, 4) is 0 Å². The topological polar surface area (TPSA) is 37.3 Å². The molecule has 2 heteroatoms. The summed E-state index contributed by atoms with van der Waals surface area (Å²) in [6.07, 6.45) is 9.34. The second-order valence-corrected chi connectivity index (χ2v) is 3.97. The first-order chi connectivity index (χ1) is 7.20. The van der Waals surface area contributed by atoms with E-state index in [0.29, 0.717) is 0 Å². The molecule has 1 unspecified atom stereocenters. The molecule has 1 saturated carbocycles. The molecule has 1 aliphatic rings. The minimum atomic E-state index is -0.741. The zero-order chi connectivity index (χ0) is 11.3. The number of carbonyl (C=O) groups is 1. The first-order valence-electron chi connectivity index (χ1n) is 5.38. The second kappa shape index (κ2) is 5.54. The molecule has 82 valence electrons. The molecule has 0 amide bonds. The zero-order valence-electron chi connectivity index (χ0n) is 8.98. The van der Waals surface area contributed by atoms with E-state index in [2.05, 4.69) is 13.2 Å². The van der Waals surface area contributed by atoms with E-state index in [0.717, 1.165) is 31.3 Å². The fourth-order valence-corrected chi connectivity index (χ4v) is 2.34. The Balaban J connectivity index is 2.89. The molecule has 1 rings (SSSR count). The van der Waals surface area contributed by atoms with Crippen molar-refractivity contribution >= 4 is 5.97 Å². The quantitative estimate of drug-likeness (QED) is 0.701. The lowest BCUT2D eigenvalue weighted by Crippen LogP contribution is -2.23. The number of allylic oxidation sites excluding steroid dienone is 3. The average molecular weight is 206 g/mol. The highest BCUT2D eigenvalue weighted by Gasteiger charge is 2.31. The first kappa shape index (κ1) is 11.8. The lowest BCUT2D eigenvalue weighted by molar-refractivity contribution is -0.141. The van der Waals surface area contributed by atoms with Gasteiger partial charge >= 0.3 is 5.97 Å². The summed E-state index contributed by atoms with van der Waals surface area (Å²) >= 11 is 0. The summed E-state index contributed by atoms with van der Waals surface area (Å²) in [5.74, 6) is -0.871. The number of aliphatic carboxylic acids is 1. The van der Waals surface area contributed by atoms with Crippen LogP contribution in [0.2, 0.25) is 0 Å². The monoisotopic (exact) mass is 206 g/mol. The highest BCUT2D eigenvalue weighted by atomic mass is 16.4. The predicted octanol–water partition coefficient (Wildman–Crippen LogP) is 3.18. The van der Waals surface area contributed by atoms with Crippen molar-refractivity contribution < 1.29 is 9.90 Å². The highest BCUT2D eigenvalue weighted by Crippen LogP contribution is 2.35. The van der Waals surface area contributed by atoms with Gasteiger partial charge in [0.05, 0.1) is 5.92 Å². The Morgan fingerprint density at radius 1 is 1.33 bits per heavy atom. The number of rotatable bonds is 5. The third kappa shape index (κ3) is 2.82. The van der Waals surface area contributed by atoms with Crippen LogP contribution in [0.25, 0.3) is 0 Å². The second-order valence-electron chi connectivity index (χ2n) is 3.97. The van der Waals surface area contributed by atoms with E-state index in [9.17, 15) is 9.90 Å². The Labute approximate surface area is 91.0 Å². The molecule has 0 spiro atoms. The Morgan fingerprint density at radius 2 is 1.93 bits per heavy atom. The summed E-state index contributed by atoms with van der Waals surface area (Å²) in [6.45, 7) is 7.27. The fourth-order valence-electron chi connectivity index (χ4n) is 2.34. The fraction of sp³-hybridized carbons (Fsp3) is 0.462. The number of hydrogen-bond acceptors (Lipinski definition) is 1. The SMILES string of the molecule is C=C/C=C(\C=C)C(C(=O)O)C1CCCC1. The molecule has 1 fully saturated rings. The zero-order valence-corrected chi connectivity index (χ0v) is 8.98. The third-order valence-corrected chi connectivity index (χ3v) is 3.04. The van der Waals surface area contributed by atoms with Gasteiger partial charge < -0.3 is 5.11 Å². The van der Waals surface area contributed by atoms with Gasteiger partial charge in [-0.2, -0.15) is 0 Å². The van der Waals surface area contributed by atoms with E-state index in [1.165, 1.54) is 0 Å². The van der Waals surface area contributed by atoms with E-state index in [-0.39, 0.29) is 5.92 Å². The van der Waals surface area contributed by atoms with Gasteiger partial charge in [0.15, 0.2) is 0 Å². The highest BCUT2D eigenvalue weighted by molar-refractivity contribution is 5.75. The van der Waals surface area contributed by atoms with Crippen molar-refractivity contribution in [3.05, 3.63) is 37.0 Å². The normalized spacial score (nSPS) is 19.9. The lowest BCUT2D eigenvalue weighted by atomic mass is 9.84. The van der Waals surface area contributed by atoms with E-state index in [4.69, 9.17) is 0 Å². The number of carboxylic acids is 1. The molecular formula is C13H18O2. The van der Waals surface area contributed by atoms with Crippen LogP contribution in [0.1, 0.15) is 25.7 Å². The van der Waals surface area contributed by atoms with Gasteiger partial charge in [0.1, 0.15) is 0 Å². The van der Waals surface area contributed by atoms with Crippen molar-refractivity contribution in [2.75, 3.05) is 0 Å². The molecule has 0 bridgehead atoms. The summed E-state index contributed by atoms with van der Waals surface area (Å²) in [4.78, 5) is 11.2. The molecular weight excluding hydrogens is 188 g/mol. The largest absolute Gasteiger partial charge is 0.481 e. The van der Waals surface area contributed by atoms with Crippen LogP contribution < -0.4 is 0 Å². The predicted molar refractivity (Wildman–Crippen MR) is 61.6 cm³/mol. The van der Waals surface area contributed by atoms with E-state index in [1.807, 2.05) is 0 Å². The van der Waals surface area contributed by atoms with Crippen molar-refractivity contribution in [2.45, 2.75) is 25.7 Å².